The molecular formula is C13H15N3O2. The molecule has 94 valence electrons. The van der Waals surface area contributed by atoms with Crippen LogP contribution in [-0.4, -0.2) is 23.6 Å². The number of benzene rings is 1. The quantitative estimate of drug-likeness (QED) is 0.877. The summed E-state index contributed by atoms with van der Waals surface area (Å²) in [6, 6.07) is 9.16. The molecule has 1 aromatic heterocycles. The van der Waals surface area contributed by atoms with E-state index in [1.165, 1.54) is 6.33 Å². The second-order valence-corrected chi connectivity index (χ2v) is 3.50. The van der Waals surface area contributed by atoms with Crippen LogP contribution in [0.5, 0.6) is 17.4 Å². The summed E-state index contributed by atoms with van der Waals surface area (Å²) in [5, 5.41) is 2.93. The molecule has 0 fully saturated rings. The van der Waals surface area contributed by atoms with Crippen molar-refractivity contribution in [2.45, 2.75) is 6.92 Å². The maximum absolute atomic E-state index is 5.64. The van der Waals surface area contributed by atoms with Gasteiger partial charge in [0.2, 0.25) is 5.88 Å². The summed E-state index contributed by atoms with van der Waals surface area (Å²) < 4.78 is 11.0. The summed E-state index contributed by atoms with van der Waals surface area (Å²) in [7, 11) is 1.79. The van der Waals surface area contributed by atoms with Crippen molar-refractivity contribution < 1.29 is 9.47 Å². The number of aromatic nitrogens is 2. The van der Waals surface area contributed by atoms with E-state index in [0.29, 0.717) is 24.1 Å². The molecule has 0 saturated carbocycles. The highest BCUT2D eigenvalue weighted by molar-refractivity contribution is 5.39. The van der Waals surface area contributed by atoms with Crippen molar-refractivity contribution in [3.63, 3.8) is 0 Å². The number of nitrogens with zero attached hydrogens (tertiary/aromatic N) is 2. The highest BCUT2D eigenvalue weighted by Gasteiger charge is 2.02. The predicted molar refractivity (Wildman–Crippen MR) is 69.3 cm³/mol. The van der Waals surface area contributed by atoms with Gasteiger partial charge in [-0.3, -0.25) is 0 Å². The first kappa shape index (κ1) is 12.2. The van der Waals surface area contributed by atoms with Crippen LogP contribution >= 0.6 is 0 Å². The molecular weight excluding hydrogens is 230 g/mol. The Kier molecular flexibility index (Phi) is 3.96. The minimum Gasteiger partial charge on any atom is -0.494 e. The van der Waals surface area contributed by atoms with Gasteiger partial charge in [-0.15, -0.1) is 0 Å². The van der Waals surface area contributed by atoms with Gasteiger partial charge in [0.15, 0.2) is 0 Å². The molecule has 5 nitrogen and oxygen atoms in total. The van der Waals surface area contributed by atoms with E-state index in [-0.39, 0.29) is 0 Å². The molecule has 0 aliphatic carbocycles. The Morgan fingerprint density at radius 1 is 1.17 bits per heavy atom. The first-order chi connectivity index (χ1) is 8.81. The van der Waals surface area contributed by atoms with Crippen molar-refractivity contribution in [3.05, 3.63) is 36.7 Å². The number of rotatable bonds is 5. The van der Waals surface area contributed by atoms with E-state index < -0.39 is 0 Å². The summed E-state index contributed by atoms with van der Waals surface area (Å²) in [5.74, 6) is 2.66. The van der Waals surface area contributed by atoms with Gasteiger partial charge in [0.1, 0.15) is 23.6 Å². The molecule has 5 heteroatoms. The summed E-state index contributed by atoms with van der Waals surface area (Å²) in [6.07, 6.45) is 1.45. The maximum Gasteiger partial charge on any atom is 0.224 e. The highest BCUT2D eigenvalue weighted by atomic mass is 16.5. The molecule has 0 aliphatic heterocycles. The molecule has 2 aromatic rings. The Morgan fingerprint density at radius 2 is 2.00 bits per heavy atom. The normalized spacial score (nSPS) is 9.89. The van der Waals surface area contributed by atoms with E-state index >= 15 is 0 Å². The molecule has 0 spiro atoms. The molecule has 0 amide bonds. The van der Waals surface area contributed by atoms with Crippen molar-refractivity contribution in [2.24, 2.45) is 0 Å². The van der Waals surface area contributed by atoms with Crippen LogP contribution in [0.4, 0.5) is 5.82 Å². The largest absolute Gasteiger partial charge is 0.494 e. The fourth-order valence-electron chi connectivity index (χ4n) is 1.45. The van der Waals surface area contributed by atoms with Crippen LogP contribution in [0.3, 0.4) is 0 Å². The van der Waals surface area contributed by atoms with Gasteiger partial charge in [0, 0.05) is 19.2 Å². The molecule has 2 rings (SSSR count). The lowest BCUT2D eigenvalue weighted by molar-refractivity contribution is 0.338. The molecule has 1 aromatic carbocycles. The van der Waals surface area contributed by atoms with Crippen molar-refractivity contribution in [3.8, 4) is 17.4 Å². The van der Waals surface area contributed by atoms with Crippen LogP contribution in [0, 0.1) is 0 Å². The Labute approximate surface area is 106 Å². The molecule has 0 unspecified atom stereocenters. The lowest BCUT2D eigenvalue weighted by atomic mass is 10.3. The number of hydrogen-bond acceptors (Lipinski definition) is 5. The van der Waals surface area contributed by atoms with Gasteiger partial charge in [-0.05, 0) is 19.1 Å². The molecule has 0 aliphatic rings. The van der Waals surface area contributed by atoms with Crippen molar-refractivity contribution in [1.82, 2.24) is 9.97 Å². The molecule has 0 radical (unpaired) electrons. The van der Waals surface area contributed by atoms with Gasteiger partial charge >= 0.3 is 0 Å². The average molecular weight is 245 g/mol. The minimum absolute atomic E-state index is 0.489. The van der Waals surface area contributed by atoms with Crippen molar-refractivity contribution in [1.29, 1.82) is 0 Å². The average Bonchev–Trinajstić information content (AvgIpc) is 2.40. The second-order valence-electron chi connectivity index (χ2n) is 3.50. The van der Waals surface area contributed by atoms with Crippen LogP contribution in [-0.2, 0) is 0 Å². The van der Waals surface area contributed by atoms with E-state index in [1.807, 2.05) is 31.2 Å². The Morgan fingerprint density at radius 3 is 2.78 bits per heavy atom. The zero-order valence-corrected chi connectivity index (χ0v) is 10.4. The third-order valence-electron chi connectivity index (χ3n) is 2.24. The van der Waals surface area contributed by atoms with Crippen molar-refractivity contribution in [2.75, 3.05) is 19.0 Å². The van der Waals surface area contributed by atoms with E-state index in [0.717, 1.165) is 5.75 Å². The molecule has 18 heavy (non-hydrogen) atoms. The third-order valence-corrected chi connectivity index (χ3v) is 2.24. The Hall–Kier alpha value is -2.30. The third kappa shape index (κ3) is 3.10. The molecule has 0 atom stereocenters. The predicted octanol–water partition coefficient (Wildman–Crippen LogP) is 2.71. The van der Waals surface area contributed by atoms with Gasteiger partial charge in [-0.1, -0.05) is 6.07 Å². The van der Waals surface area contributed by atoms with Crippen LogP contribution < -0.4 is 14.8 Å². The molecule has 0 bridgehead atoms. The van der Waals surface area contributed by atoms with E-state index in [9.17, 15) is 0 Å². The van der Waals surface area contributed by atoms with Crippen LogP contribution in [0.1, 0.15) is 6.92 Å². The zero-order valence-electron chi connectivity index (χ0n) is 10.4. The lowest BCUT2D eigenvalue weighted by Gasteiger charge is -2.08. The van der Waals surface area contributed by atoms with Gasteiger partial charge in [0.05, 0.1) is 6.61 Å². The SMILES string of the molecule is CCOc1cccc(Oc2cc(NC)ncn2)c1. The van der Waals surface area contributed by atoms with Gasteiger partial charge in [-0.25, -0.2) is 9.97 Å². The fraction of sp³-hybridized carbons (Fsp3) is 0.231. The van der Waals surface area contributed by atoms with E-state index in [1.54, 1.807) is 13.1 Å². The fourth-order valence-corrected chi connectivity index (χ4v) is 1.45. The molecule has 1 N–H and O–H groups in total. The number of anilines is 1. The number of nitrogens with one attached hydrogen (secondary N) is 1. The van der Waals surface area contributed by atoms with E-state index in [4.69, 9.17) is 9.47 Å². The monoisotopic (exact) mass is 245 g/mol. The first-order valence-electron chi connectivity index (χ1n) is 5.72. The molecule has 0 saturated heterocycles. The highest BCUT2D eigenvalue weighted by Crippen LogP contribution is 2.24. The summed E-state index contributed by atoms with van der Waals surface area (Å²) in [5.41, 5.74) is 0. The first-order valence-corrected chi connectivity index (χ1v) is 5.72. The summed E-state index contributed by atoms with van der Waals surface area (Å²) >= 11 is 0. The minimum atomic E-state index is 0.489. The summed E-state index contributed by atoms with van der Waals surface area (Å²) in [6.45, 7) is 2.57. The van der Waals surface area contributed by atoms with Crippen LogP contribution in [0.2, 0.25) is 0 Å². The van der Waals surface area contributed by atoms with Crippen LogP contribution in [0.15, 0.2) is 36.7 Å². The number of ether oxygens (including phenoxy) is 2. The Bertz CT molecular complexity index is 517. The van der Waals surface area contributed by atoms with Gasteiger partial charge in [-0.2, -0.15) is 0 Å². The zero-order chi connectivity index (χ0) is 12.8. The lowest BCUT2D eigenvalue weighted by Crippen LogP contribution is -1.95. The standard InChI is InChI=1S/C13H15N3O2/c1-3-17-10-5-4-6-11(7-10)18-13-8-12(14-2)15-9-16-13/h4-9H,3H2,1-2H3,(H,14,15,16). The van der Waals surface area contributed by atoms with E-state index in [2.05, 4.69) is 15.3 Å². The second kappa shape index (κ2) is 5.86. The number of hydrogen-bond donors (Lipinski definition) is 1. The van der Waals surface area contributed by atoms with Crippen LogP contribution in [0.25, 0.3) is 0 Å². The topological polar surface area (TPSA) is 56.3 Å². The van der Waals surface area contributed by atoms with Gasteiger partial charge in [0.25, 0.3) is 0 Å². The smallest absolute Gasteiger partial charge is 0.224 e. The van der Waals surface area contributed by atoms with Crippen molar-refractivity contribution >= 4 is 5.82 Å². The summed E-state index contributed by atoms with van der Waals surface area (Å²) in [4.78, 5) is 8.06. The Balaban J connectivity index is 2.14. The maximum atomic E-state index is 5.64. The molecule has 1 heterocycles. The van der Waals surface area contributed by atoms with Gasteiger partial charge < -0.3 is 14.8 Å².